The van der Waals surface area contributed by atoms with Crippen LogP contribution in [-0.4, -0.2) is 18.6 Å². The van der Waals surface area contributed by atoms with Crippen LogP contribution in [-0.2, 0) is 12.8 Å². The number of halogens is 1. The average Bonchev–Trinajstić information content (AvgIpc) is 2.78. The van der Waals surface area contributed by atoms with Gasteiger partial charge in [0.1, 0.15) is 0 Å². The largest absolute Gasteiger partial charge is 0.319 e. The minimum absolute atomic E-state index is 0.524. The average molecular weight is 295 g/mol. The van der Waals surface area contributed by atoms with Gasteiger partial charge in [-0.15, -0.1) is 11.3 Å². The summed E-state index contributed by atoms with van der Waals surface area (Å²) in [5, 5.41) is 7.45. The summed E-state index contributed by atoms with van der Waals surface area (Å²) in [7, 11) is 1.99. The Bertz CT molecular complexity index is 524. The second kappa shape index (κ2) is 7.04. The van der Waals surface area contributed by atoms with Gasteiger partial charge in [0.15, 0.2) is 0 Å². The molecule has 0 spiro atoms. The smallest absolute Gasteiger partial charge is 0.0931 e. The second-order valence-electron chi connectivity index (χ2n) is 4.81. The highest BCUT2D eigenvalue weighted by Crippen LogP contribution is 2.22. The first-order valence-corrected chi connectivity index (χ1v) is 7.74. The number of nitrogens with one attached hydrogen (secondary N) is 1. The van der Waals surface area contributed by atoms with Crippen molar-refractivity contribution >= 4 is 22.9 Å². The van der Waals surface area contributed by atoms with Gasteiger partial charge in [-0.3, -0.25) is 0 Å². The molecule has 2 rings (SSSR count). The van der Waals surface area contributed by atoms with Crippen LogP contribution in [0.15, 0.2) is 29.6 Å². The van der Waals surface area contributed by atoms with Crippen molar-refractivity contribution in [1.82, 2.24) is 10.3 Å². The van der Waals surface area contributed by atoms with E-state index in [1.807, 2.05) is 32.2 Å². The zero-order valence-electron chi connectivity index (χ0n) is 11.3. The van der Waals surface area contributed by atoms with Crippen LogP contribution in [0.2, 0.25) is 5.02 Å². The summed E-state index contributed by atoms with van der Waals surface area (Å²) in [5.41, 5.74) is 2.33. The maximum Gasteiger partial charge on any atom is 0.0931 e. The highest BCUT2D eigenvalue weighted by Gasteiger charge is 2.13. The van der Waals surface area contributed by atoms with Crippen molar-refractivity contribution in [1.29, 1.82) is 0 Å². The van der Waals surface area contributed by atoms with Crippen LogP contribution >= 0.6 is 22.9 Å². The lowest BCUT2D eigenvalue weighted by molar-refractivity contribution is 0.492. The molecular formula is C15H19ClN2S. The number of aromatic nitrogens is 1. The Morgan fingerprint density at radius 3 is 2.74 bits per heavy atom. The maximum absolute atomic E-state index is 6.24. The van der Waals surface area contributed by atoms with Crippen molar-refractivity contribution in [2.75, 3.05) is 13.6 Å². The Morgan fingerprint density at radius 1 is 1.32 bits per heavy atom. The van der Waals surface area contributed by atoms with Gasteiger partial charge in [0.05, 0.1) is 5.01 Å². The van der Waals surface area contributed by atoms with Gasteiger partial charge in [-0.2, -0.15) is 0 Å². The lowest BCUT2D eigenvalue weighted by Gasteiger charge is -2.16. The first-order valence-electron chi connectivity index (χ1n) is 6.48. The van der Waals surface area contributed by atoms with Crippen molar-refractivity contribution in [3.8, 4) is 0 Å². The van der Waals surface area contributed by atoms with Crippen molar-refractivity contribution in [3.05, 3.63) is 50.9 Å². The number of hydrogen-bond donors (Lipinski definition) is 1. The number of rotatable bonds is 6. The molecule has 102 valence electrons. The molecule has 4 heteroatoms. The molecule has 0 bridgehead atoms. The van der Waals surface area contributed by atoms with Gasteiger partial charge in [0.25, 0.3) is 0 Å². The number of benzene rings is 1. The molecule has 2 nitrogen and oxygen atoms in total. The predicted molar refractivity (Wildman–Crippen MR) is 83.1 cm³/mol. The number of thiazole rings is 1. The van der Waals surface area contributed by atoms with E-state index in [0.29, 0.717) is 5.92 Å². The van der Waals surface area contributed by atoms with Crippen molar-refractivity contribution in [2.24, 2.45) is 5.92 Å². The molecular weight excluding hydrogens is 276 g/mol. The number of aryl methyl sites for hydroxylation is 1. The molecule has 0 aliphatic carbocycles. The summed E-state index contributed by atoms with van der Waals surface area (Å²) >= 11 is 7.99. The zero-order chi connectivity index (χ0) is 13.7. The molecule has 0 fully saturated rings. The van der Waals surface area contributed by atoms with Crippen LogP contribution in [0.1, 0.15) is 16.3 Å². The van der Waals surface area contributed by atoms with Gasteiger partial charge in [-0.25, -0.2) is 4.98 Å². The fourth-order valence-corrected chi connectivity index (χ4v) is 3.32. The van der Waals surface area contributed by atoms with Crippen LogP contribution in [0.3, 0.4) is 0 Å². The molecule has 1 aromatic carbocycles. The molecule has 1 unspecified atom stereocenters. The van der Waals surface area contributed by atoms with Gasteiger partial charge in [-0.1, -0.05) is 29.8 Å². The lowest BCUT2D eigenvalue weighted by Crippen LogP contribution is -2.22. The predicted octanol–water partition coefficient (Wildman–Crippen LogP) is 3.73. The van der Waals surface area contributed by atoms with E-state index in [2.05, 4.69) is 21.7 Å². The highest BCUT2D eigenvalue weighted by atomic mass is 35.5. The Morgan fingerprint density at radius 2 is 2.11 bits per heavy atom. The Hall–Kier alpha value is -0.900. The minimum Gasteiger partial charge on any atom is -0.319 e. The summed E-state index contributed by atoms with van der Waals surface area (Å²) in [4.78, 5) is 4.55. The van der Waals surface area contributed by atoms with Crippen molar-refractivity contribution < 1.29 is 0 Å². The van der Waals surface area contributed by atoms with E-state index in [-0.39, 0.29) is 0 Å². The fraction of sp³-hybridized carbons (Fsp3) is 0.400. The van der Waals surface area contributed by atoms with E-state index in [9.17, 15) is 0 Å². The first kappa shape index (κ1) is 14.5. The van der Waals surface area contributed by atoms with Crippen LogP contribution < -0.4 is 5.32 Å². The SMILES string of the molecule is CNCC(Cc1nc(C)cs1)Cc1ccccc1Cl. The molecule has 0 saturated heterocycles. The molecule has 1 N–H and O–H groups in total. The van der Waals surface area contributed by atoms with Crippen LogP contribution in [0.5, 0.6) is 0 Å². The molecule has 1 atom stereocenters. The van der Waals surface area contributed by atoms with E-state index in [1.54, 1.807) is 11.3 Å². The van der Waals surface area contributed by atoms with E-state index < -0.39 is 0 Å². The van der Waals surface area contributed by atoms with Crippen molar-refractivity contribution in [2.45, 2.75) is 19.8 Å². The van der Waals surface area contributed by atoms with E-state index in [0.717, 1.165) is 30.1 Å². The van der Waals surface area contributed by atoms with E-state index in [1.165, 1.54) is 10.6 Å². The van der Waals surface area contributed by atoms with Gasteiger partial charge in [0, 0.05) is 22.5 Å². The molecule has 0 saturated carbocycles. The Kier molecular flexibility index (Phi) is 5.37. The highest BCUT2D eigenvalue weighted by molar-refractivity contribution is 7.09. The molecule has 1 aromatic heterocycles. The monoisotopic (exact) mass is 294 g/mol. The third-order valence-electron chi connectivity index (χ3n) is 3.09. The normalized spacial score (nSPS) is 12.6. The summed E-state index contributed by atoms with van der Waals surface area (Å²) in [6, 6.07) is 8.09. The molecule has 0 aliphatic rings. The Labute approximate surface area is 123 Å². The zero-order valence-corrected chi connectivity index (χ0v) is 12.9. The van der Waals surface area contributed by atoms with Gasteiger partial charge in [-0.05, 0) is 44.5 Å². The van der Waals surface area contributed by atoms with Crippen LogP contribution in [0.4, 0.5) is 0 Å². The summed E-state index contributed by atoms with van der Waals surface area (Å²) in [5.74, 6) is 0.524. The number of nitrogens with zero attached hydrogens (tertiary/aromatic N) is 1. The summed E-state index contributed by atoms with van der Waals surface area (Å²) in [6.45, 7) is 3.02. The topological polar surface area (TPSA) is 24.9 Å². The van der Waals surface area contributed by atoms with Gasteiger partial charge < -0.3 is 5.32 Å². The minimum atomic E-state index is 0.524. The molecule has 2 aromatic rings. The van der Waals surface area contributed by atoms with Crippen LogP contribution in [0, 0.1) is 12.8 Å². The molecule has 0 aliphatic heterocycles. The van der Waals surface area contributed by atoms with Gasteiger partial charge >= 0.3 is 0 Å². The Balaban J connectivity index is 2.06. The molecule has 19 heavy (non-hydrogen) atoms. The van der Waals surface area contributed by atoms with E-state index >= 15 is 0 Å². The quantitative estimate of drug-likeness (QED) is 0.878. The van der Waals surface area contributed by atoms with Crippen molar-refractivity contribution in [3.63, 3.8) is 0 Å². The van der Waals surface area contributed by atoms with Gasteiger partial charge in [0.2, 0.25) is 0 Å². The fourth-order valence-electron chi connectivity index (χ4n) is 2.22. The van der Waals surface area contributed by atoms with Crippen LogP contribution in [0.25, 0.3) is 0 Å². The molecule has 0 amide bonds. The maximum atomic E-state index is 6.24. The third-order valence-corrected chi connectivity index (χ3v) is 4.45. The third kappa shape index (κ3) is 4.30. The first-order chi connectivity index (χ1) is 9.19. The van der Waals surface area contributed by atoms with E-state index in [4.69, 9.17) is 11.6 Å². The molecule has 0 radical (unpaired) electrons. The number of hydrogen-bond acceptors (Lipinski definition) is 3. The summed E-state index contributed by atoms with van der Waals surface area (Å²) < 4.78 is 0. The lowest BCUT2D eigenvalue weighted by atomic mass is 9.96. The summed E-state index contributed by atoms with van der Waals surface area (Å²) in [6.07, 6.45) is 1.99. The standard InChI is InChI=1S/C15H19ClN2S/c1-11-10-19-15(18-11)8-12(9-17-2)7-13-5-3-4-6-14(13)16/h3-6,10,12,17H,7-9H2,1-2H3. The second-order valence-corrected chi connectivity index (χ2v) is 6.16. The molecule has 1 heterocycles.